The van der Waals surface area contributed by atoms with Crippen molar-refractivity contribution in [2.75, 3.05) is 36.9 Å². The average Bonchev–Trinajstić information content (AvgIpc) is 2.69. The Morgan fingerprint density at radius 1 is 1.00 bits per heavy atom. The lowest BCUT2D eigenvalue weighted by Crippen LogP contribution is -2.29. The van der Waals surface area contributed by atoms with E-state index in [0.29, 0.717) is 5.75 Å². The van der Waals surface area contributed by atoms with Gasteiger partial charge in [0.2, 0.25) is 0 Å². The van der Waals surface area contributed by atoms with E-state index < -0.39 is 15.8 Å². The standard InChI is InChI=1S/C19H23FN2O4S/c1-25-15-7-9-19(18(13-15)26-2)27(23,24)21-17-12-14(6-8-16(17)20)22-10-4-3-5-11-22/h6-9,12-13,21H,3-5,10-11H2,1-2H3. The van der Waals surface area contributed by atoms with E-state index in [1.165, 1.54) is 51.0 Å². The van der Waals surface area contributed by atoms with Crippen molar-refractivity contribution in [2.45, 2.75) is 24.2 Å². The van der Waals surface area contributed by atoms with E-state index in [0.717, 1.165) is 31.6 Å². The van der Waals surface area contributed by atoms with Gasteiger partial charge in [0.1, 0.15) is 22.2 Å². The number of nitrogens with zero attached hydrogens (tertiary/aromatic N) is 1. The molecule has 1 saturated heterocycles. The van der Waals surface area contributed by atoms with Gasteiger partial charge >= 0.3 is 0 Å². The maximum atomic E-state index is 14.3. The van der Waals surface area contributed by atoms with Gasteiger partial charge in [-0.15, -0.1) is 0 Å². The topological polar surface area (TPSA) is 67.9 Å². The Balaban J connectivity index is 1.91. The minimum absolute atomic E-state index is 0.0871. The molecule has 0 amide bonds. The molecule has 0 aliphatic carbocycles. The fraction of sp³-hybridized carbons (Fsp3) is 0.368. The van der Waals surface area contributed by atoms with Gasteiger partial charge in [0.05, 0.1) is 19.9 Å². The summed E-state index contributed by atoms with van der Waals surface area (Å²) in [5.41, 5.74) is 0.714. The van der Waals surface area contributed by atoms with Gasteiger partial charge in [-0.2, -0.15) is 0 Å². The third kappa shape index (κ3) is 4.27. The number of anilines is 2. The van der Waals surface area contributed by atoms with Crippen molar-refractivity contribution < 1.29 is 22.3 Å². The minimum Gasteiger partial charge on any atom is -0.497 e. The van der Waals surface area contributed by atoms with E-state index >= 15 is 0 Å². The molecule has 1 aliphatic heterocycles. The first-order valence-electron chi connectivity index (χ1n) is 8.74. The van der Waals surface area contributed by atoms with Crippen LogP contribution in [0.2, 0.25) is 0 Å². The summed E-state index contributed by atoms with van der Waals surface area (Å²) in [5, 5.41) is 0. The quantitative estimate of drug-likeness (QED) is 0.810. The van der Waals surface area contributed by atoms with Crippen LogP contribution in [0.5, 0.6) is 11.5 Å². The highest BCUT2D eigenvalue weighted by atomic mass is 32.2. The molecule has 146 valence electrons. The number of methoxy groups -OCH3 is 2. The van der Waals surface area contributed by atoms with E-state index in [-0.39, 0.29) is 16.3 Å². The van der Waals surface area contributed by atoms with Crippen LogP contribution < -0.4 is 19.1 Å². The Hall–Kier alpha value is -2.48. The van der Waals surface area contributed by atoms with Crippen LogP contribution in [0, 0.1) is 5.82 Å². The lowest BCUT2D eigenvalue weighted by atomic mass is 10.1. The number of nitrogens with one attached hydrogen (secondary N) is 1. The van der Waals surface area contributed by atoms with Crippen LogP contribution in [-0.4, -0.2) is 35.7 Å². The Morgan fingerprint density at radius 3 is 2.41 bits per heavy atom. The van der Waals surface area contributed by atoms with Crippen molar-refractivity contribution in [3.05, 3.63) is 42.2 Å². The van der Waals surface area contributed by atoms with E-state index in [1.807, 2.05) is 0 Å². The zero-order valence-electron chi connectivity index (χ0n) is 15.4. The van der Waals surface area contributed by atoms with E-state index in [4.69, 9.17) is 9.47 Å². The van der Waals surface area contributed by atoms with Crippen molar-refractivity contribution in [3.63, 3.8) is 0 Å². The number of sulfonamides is 1. The molecule has 0 bridgehead atoms. The van der Waals surface area contributed by atoms with E-state index in [1.54, 1.807) is 6.07 Å². The predicted molar refractivity (Wildman–Crippen MR) is 103 cm³/mol. The lowest BCUT2D eigenvalue weighted by molar-refractivity contribution is 0.386. The predicted octanol–water partition coefficient (Wildman–Crippen LogP) is 3.63. The Labute approximate surface area is 159 Å². The first-order valence-corrected chi connectivity index (χ1v) is 10.2. The Kier molecular flexibility index (Phi) is 5.74. The molecule has 0 spiro atoms. The van der Waals surface area contributed by atoms with Gasteiger partial charge in [0, 0.05) is 24.8 Å². The normalized spacial score (nSPS) is 14.7. The van der Waals surface area contributed by atoms with Crippen LogP contribution >= 0.6 is 0 Å². The van der Waals surface area contributed by atoms with Gasteiger partial charge in [-0.25, -0.2) is 12.8 Å². The number of halogens is 1. The third-order valence-electron chi connectivity index (χ3n) is 4.58. The number of piperidine rings is 1. The molecule has 8 heteroatoms. The minimum atomic E-state index is -4.04. The summed E-state index contributed by atoms with van der Waals surface area (Å²) in [6.45, 7) is 1.76. The highest BCUT2D eigenvalue weighted by molar-refractivity contribution is 7.92. The number of hydrogen-bond acceptors (Lipinski definition) is 5. The van der Waals surface area contributed by atoms with Gasteiger partial charge in [-0.1, -0.05) is 0 Å². The fourth-order valence-electron chi connectivity index (χ4n) is 3.14. The molecule has 0 aromatic heterocycles. The molecule has 2 aromatic carbocycles. The molecule has 0 unspecified atom stereocenters. The van der Waals surface area contributed by atoms with Crippen molar-refractivity contribution in [2.24, 2.45) is 0 Å². The van der Waals surface area contributed by atoms with Crippen molar-refractivity contribution in [1.82, 2.24) is 0 Å². The van der Waals surface area contributed by atoms with Crippen molar-refractivity contribution in [3.8, 4) is 11.5 Å². The maximum absolute atomic E-state index is 14.3. The van der Waals surface area contributed by atoms with Crippen LogP contribution in [0.1, 0.15) is 19.3 Å². The molecule has 1 N–H and O–H groups in total. The summed E-state index contributed by atoms with van der Waals surface area (Å²) >= 11 is 0. The molecule has 0 radical (unpaired) electrons. The van der Waals surface area contributed by atoms with Crippen LogP contribution in [0.4, 0.5) is 15.8 Å². The largest absolute Gasteiger partial charge is 0.497 e. The number of rotatable bonds is 6. The van der Waals surface area contributed by atoms with Gasteiger partial charge in [-0.3, -0.25) is 4.72 Å². The zero-order valence-corrected chi connectivity index (χ0v) is 16.2. The molecule has 27 heavy (non-hydrogen) atoms. The smallest absolute Gasteiger partial charge is 0.265 e. The van der Waals surface area contributed by atoms with Crippen LogP contribution in [0.15, 0.2) is 41.3 Å². The molecule has 1 heterocycles. The van der Waals surface area contributed by atoms with E-state index in [2.05, 4.69) is 9.62 Å². The Bertz CT molecular complexity index is 912. The van der Waals surface area contributed by atoms with Crippen LogP contribution in [0.25, 0.3) is 0 Å². The second kappa shape index (κ2) is 8.04. The van der Waals surface area contributed by atoms with Gasteiger partial charge in [0.15, 0.2) is 0 Å². The summed E-state index contributed by atoms with van der Waals surface area (Å²) in [6, 6.07) is 8.84. The highest BCUT2D eigenvalue weighted by Crippen LogP contribution is 2.32. The molecule has 2 aromatic rings. The average molecular weight is 394 g/mol. The SMILES string of the molecule is COc1ccc(S(=O)(=O)Nc2cc(N3CCCCC3)ccc2F)c(OC)c1. The number of ether oxygens (including phenoxy) is 2. The molecular weight excluding hydrogens is 371 g/mol. The summed E-state index contributed by atoms with van der Waals surface area (Å²) in [7, 11) is -1.20. The monoisotopic (exact) mass is 394 g/mol. The number of benzene rings is 2. The molecule has 1 fully saturated rings. The van der Waals surface area contributed by atoms with Crippen LogP contribution in [-0.2, 0) is 10.0 Å². The molecule has 0 saturated carbocycles. The summed E-state index contributed by atoms with van der Waals surface area (Å²) < 4.78 is 52.5. The molecule has 0 atom stereocenters. The summed E-state index contributed by atoms with van der Waals surface area (Å²) in [6.07, 6.45) is 3.32. The molecule has 6 nitrogen and oxygen atoms in total. The van der Waals surface area contributed by atoms with Gasteiger partial charge in [-0.05, 0) is 49.6 Å². The second-order valence-corrected chi connectivity index (χ2v) is 7.98. The Morgan fingerprint density at radius 2 is 1.74 bits per heavy atom. The molecule has 3 rings (SSSR count). The second-order valence-electron chi connectivity index (χ2n) is 6.33. The fourth-order valence-corrected chi connectivity index (χ4v) is 4.35. The summed E-state index contributed by atoms with van der Waals surface area (Å²) in [5.74, 6) is -0.0506. The van der Waals surface area contributed by atoms with Gasteiger partial charge in [0.25, 0.3) is 10.0 Å². The van der Waals surface area contributed by atoms with Crippen molar-refractivity contribution >= 4 is 21.4 Å². The molecular formula is C19H23FN2O4S. The third-order valence-corrected chi connectivity index (χ3v) is 5.98. The molecule has 1 aliphatic rings. The first-order chi connectivity index (χ1) is 12.9. The highest BCUT2D eigenvalue weighted by Gasteiger charge is 2.22. The summed E-state index contributed by atoms with van der Waals surface area (Å²) in [4.78, 5) is 2.04. The number of hydrogen-bond donors (Lipinski definition) is 1. The van der Waals surface area contributed by atoms with Gasteiger partial charge < -0.3 is 14.4 Å². The zero-order chi connectivity index (χ0) is 19.4. The maximum Gasteiger partial charge on any atom is 0.265 e. The lowest BCUT2D eigenvalue weighted by Gasteiger charge is -2.29. The first kappa shape index (κ1) is 19.3. The van der Waals surface area contributed by atoms with Crippen LogP contribution in [0.3, 0.4) is 0 Å². The van der Waals surface area contributed by atoms with E-state index in [9.17, 15) is 12.8 Å². The van der Waals surface area contributed by atoms with Crippen molar-refractivity contribution in [1.29, 1.82) is 0 Å².